The molecular weight excluding hydrogens is 203 g/mol. The second kappa shape index (κ2) is 8.28. The van der Waals surface area contributed by atoms with Crippen LogP contribution in [-0.2, 0) is 11.2 Å². The van der Waals surface area contributed by atoms with E-state index in [4.69, 9.17) is 4.74 Å². The summed E-state index contributed by atoms with van der Waals surface area (Å²) < 4.78 is 17.9. The Morgan fingerprint density at radius 3 is 2.38 bits per heavy atom. The van der Waals surface area contributed by atoms with Crippen molar-refractivity contribution in [3.63, 3.8) is 0 Å². The number of benzene rings is 1. The molecule has 0 heterocycles. The molecule has 90 valence electrons. The van der Waals surface area contributed by atoms with Gasteiger partial charge in [0.05, 0.1) is 0 Å². The van der Waals surface area contributed by atoms with Crippen molar-refractivity contribution < 1.29 is 9.13 Å². The monoisotopic (exact) mass is 224 g/mol. The first-order chi connectivity index (χ1) is 7.83. The molecule has 0 unspecified atom stereocenters. The van der Waals surface area contributed by atoms with Gasteiger partial charge < -0.3 is 4.74 Å². The third-order valence-electron chi connectivity index (χ3n) is 2.62. The van der Waals surface area contributed by atoms with Crippen LogP contribution in [0, 0.1) is 5.82 Å². The Morgan fingerprint density at radius 1 is 1.00 bits per heavy atom. The van der Waals surface area contributed by atoms with Crippen LogP contribution >= 0.6 is 0 Å². The molecule has 0 fully saturated rings. The minimum atomic E-state index is -0.152. The van der Waals surface area contributed by atoms with E-state index in [2.05, 4.69) is 0 Å². The van der Waals surface area contributed by atoms with Gasteiger partial charge in [-0.3, -0.25) is 0 Å². The summed E-state index contributed by atoms with van der Waals surface area (Å²) in [5.74, 6) is -0.152. The largest absolute Gasteiger partial charge is 0.382 e. The molecule has 2 heteroatoms. The molecule has 0 radical (unpaired) electrons. The van der Waals surface area contributed by atoms with Crippen LogP contribution in [0.15, 0.2) is 24.3 Å². The van der Waals surface area contributed by atoms with Crippen LogP contribution in [0.5, 0.6) is 0 Å². The predicted octanol–water partition coefficient (Wildman–Crippen LogP) is 3.97. The number of aryl methyl sites for hydroxylation is 1. The summed E-state index contributed by atoms with van der Waals surface area (Å²) in [6.45, 7) is 3.72. The van der Waals surface area contributed by atoms with Crippen molar-refractivity contribution >= 4 is 0 Å². The zero-order valence-corrected chi connectivity index (χ0v) is 10.0. The van der Waals surface area contributed by atoms with Gasteiger partial charge in [0.15, 0.2) is 0 Å². The highest BCUT2D eigenvalue weighted by Crippen LogP contribution is 2.09. The molecule has 0 aliphatic heterocycles. The number of rotatable bonds is 8. The van der Waals surface area contributed by atoms with E-state index >= 15 is 0 Å². The van der Waals surface area contributed by atoms with Crippen molar-refractivity contribution in [2.24, 2.45) is 0 Å². The van der Waals surface area contributed by atoms with Gasteiger partial charge in [-0.2, -0.15) is 0 Å². The molecule has 0 spiro atoms. The molecule has 0 N–H and O–H groups in total. The zero-order chi connectivity index (χ0) is 11.6. The van der Waals surface area contributed by atoms with Crippen molar-refractivity contribution in [1.29, 1.82) is 0 Å². The molecule has 0 saturated heterocycles. The fourth-order valence-electron chi connectivity index (χ4n) is 1.68. The fraction of sp³-hybridized carbons (Fsp3) is 0.571. The topological polar surface area (TPSA) is 9.23 Å². The van der Waals surface area contributed by atoms with E-state index in [0.29, 0.717) is 0 Å². The minimum Gasteiger partial charge on any atom is -0.382 e. The smallest absolute Gasteiger partial charge is 0.123 e. The number of ether oxygens (including phenoxy) is 1. The van der Waals surface area contributed by atoms with E-state index in [1.54, 1.807) is 0 Å². The molecule has 0 aliphatic rings. The van der Waals surface area contributed by atoms with E-state index in [1.807, 2.05) is 19.1 Å². The number of unbranched alkanes of at least 4 members (excludes halogenated alkanes) is 3. The lowest BCUT2D eigenvalue weighted by Crippen LogP contribution is -1.93. The summed E-state index contributed by atoms with van der Waals surface area (Å²) in [7, 11) is 0. The van der Waals surface area contributed by atoms with Crippen LogP contribution in [0.25, 0.3) is 0 Å². The molecule has 0 aromatic heterocycles. The first-order valence-electron chi connectivity index (χ1n) is 6.15. The molecule has 1 nitrogen and oxygen atoms in total. The molecule has 1 aromatic rings. The third kappa shape index (κ3) is 5.86. The summed E-state index contributed by atoms with van der Waals surface area (Å²) in [6.07, 6.45) is 5.83. The molecule has 1 aromatic carbocycles. The van der Waals surface area contributed by atoms with Gasteiger partial charge in [0, 0.05) is 13.2 Å². The average molecular weight is 224 g/mol. The van der Waals surface area contributed by atoms with Crippen LogP contribution in [-0.4, -0.2) is 13.2 Å². The van der Waals surface area contributed by atoms with Crippen LogP contribution < -0.4 is 0 Å². The molecule has 0 atom stereocenters. The molecule has 0 saturated carbocycles. The molecule has 0 aliphatic carbocycles. The summed E-state index contributed by atoms with van der Waals surface area (Å²) in [4.78, 5) is 0. The van der Waals surface area contributed by atoms with Crippen LogP contribution in [0.2, 0.25) is 0 Å². The van der Waals surface area contributed by atoms with Crippen molar-refractivity contribution in [2.75, 3.05) is 13.2 Å². The number of halogens is 1. The Morgan fingerprint density at radius 2 is 1.69 bits per heavy atom. The minimum absolute atomic E-state index is 0.152. The zero-order valence-electron chi connectivity index (χ0n) is 10.0. The molecule has 0 bridgehead atoms. The van der Waals surface area contributed by atoms with Crippen molar-refractivity contribution in [1.82, 2.24) is 0 Å². The Bertz CT molecular complexity index is 269. The first kappa shape index (κ1) is 13.2. The first-order valence-corrected chi connectivity index (χ1v) is 6.15. The summed E-state index contributed by atoms with van der Waals surface area (Å²) in [6, 6.07) is 6.81. The van der Waals surface area contributed by atoms with Gasteiger partial charge in [-0.15, -0.1) is 0 Å². The van der Waals surface area contributed by atoms with Gasteiger partial charge in [0.1, 0.15) is 5.82 Å². The maximum atomic E-state index is 12.6. The van der Waals surface area contributed by atoms with Gasteiger partial charge in [-0.1, -0.05) is 25.0 Å². The second-order valence-corrected chi connectivity index (χ2v) is 3.99. The van der Waals surface area contributed by atoms with Gasteiger partial charge in [-0.25, -0.2) is 4.39 Å². The van der Waals surface area contributed by atoms with Crippen LogP contribution in [0.4, 0.5) is 4.39 Å². The lowest BCUT2D eigenvalue weighted by molar-refractivity contribution is 0.143. The van der Waals surface area contributed by atoms with Crippen LogP contribution in [0.3, 0.4) is 0 Å². The molecular formula is C14H21FO. The maximum Gasteiger partial charge on any atom is 0.123 e. The van der Waals surface area contributed by atoms with E-state index in [0.717, 1.165) is 26.1 Å². The lowest BCUT2D eigenvalue weighted by Gasteiger charge is -2.02. The third-order valence-corrected chi connectivity index (χ3v) is 2.62. The van der Waals surface area contributed by atoms with Crippen LogP contribution in [0.1, 0.15) is 38.2 Å². The second-order valence-electron chi connectivity index (χ2n) is 3.99. The summed E-state index contributed by atoms with van der Waals surface area (Å²) >= 11 is 0. The Balaban J connectivity index is 2.01. The normalized spacial score (nSPS) is 10.6. The van der Waals surface area contributed by atoms with E-state index in [9.17, 15) is 4.39 Å². The Labute approximate surface area is 97.6 Å². The quantitative estimate of drug-likeness (QED) is 0.607. The number of hydrogen-bond acceptors (Lipinski definition) is 1. The predicted molar refractivity (Wildman–Crippen MR) is 65.1 cm³/mol. The van der Waals surface area contributed by atoms with Crippen molar-refractivity contribution in [3.8, 4) is 0 Å². The van der Waals surface area contributed by atoms with Gasteiger partial charge in [-0.05, 0) is 43.9 Å². The Hall–Kier alpha value is -0.890. The molecule has 1 rings (SSSR count). The maximum absolute atomic E-state index is 12.6. The standard InChI is InChI=1S/C14H21FO/c1-2-16-12-6-4-3-5-7-13-8-10-14(15)11-9-13/h8-11H,2-7,12H2,1H3. The lowest BCUT2D eigenvalue weighted by atomic mass is 10.1. The molecule has 0 amide bonds. The fourth-order valence-corrected chi connectivity index (χ4v) is 1.68. The highest BCUT2D eigenvalue weighted by molar-refractivity contribution is 5.15. The SMILES string of the molecule is CCOCCCCCCc1ccc(F)cc1. The Kier molecular flexibility index (Phi) is 6.82. The molecule has 16 heavy (non-hydrogen) atoms. The van der Waals surface area contributed by atoms with E-state index < -0.39 is 0 Å². The average Bonchev–Trinajstić information content (AvgIpc) is 2.30. The highest BCUT2D eigenvalue weighted by Gasteiger charge is 1.95. The highest BCUT2D eigenvalue weighted by atomic mass is 19.1. The summed E-state index contributed by atoms with van der Waals surface area (Å²) in [5.41, 5.74) is 1.23. The number of hydrogen-bond donors (Lipinski definition) is 0. The van der Waals surface area contributed by atoms with Crippen molar-refractivity contribution in [3.05, 3.63) is 35.6 Å². The van der Waals surface area contributed by atoms with E-state index in [1.165, 1.54) is 37.0 Å². The van der Waals surface area contributed by atoms with Gasteiger partial charge in [0.25, 0.3) is 0 Å². The van der Waals surface area contributed by atoms with Gasteiger partial charge >= 0.3 is 0 Å². The van der Waals surface area contributed by atoms with Crippen molar-refractivity contribution in [2.45, 2.75) is 39.0 Å². The van der Waals surface area contributed by atoms with E-state index in [-0.39, 0.29) is 5.82 Å². The van der Waals surface area contributed by atoms with Gasteiger partial charge in [0.2, 0.25) is 0 Å². The summed E-state index contributed by atoms with van der Waals surface area (Å²) in [5, 5.41) is 0.